The number of hydrogen-bond acceptors (Lipinski definition) is 2. The Morgan fingerprint density at radius 3 is 2.21 bits per heavy atom. The molecule has 0 saturated heterocycles. The molecule has 1 aromatic carbocycles. The van der Waals surface area contributed by atoms with Crippen LogP contribution in [0.15, 0.2) is 30.3 Å². The summed E-state index contributed by atoms with van der Waals surface area (Å²) in [4.78, 5) is 21.2. The number of rotatable bonds is 3. The monoisotopic (exact) mass is 204 g/mol. The molecule has 0 saturated carbocycles. The summed E-state index contributed by atoms with van der Waals surface area (Å²) < 4.78 is 0.104. The highest BCUT2D eigenvalue weighted by Crippen LogP contribution is 2.05. The summed E-state index contributed by atoms with van der Waals surface area (Å²) in [6.07, 6.45) is 3.18. The summed E-state index contributed by atoms with van der Waals surface area (Å²) in [6.45, 7) is 0. The molecule has 3 nitrogen and oxygen atoms in total. The molecule has 0 aliphatic carbocycles. The van der Waals surface area contributed by atoms with Gasteiger partial charge < -0.3 is 9.90 Å². The second kappa shape index (κ2) is 4.75. The van der Waals surface area contributed by atoms with Crippen LogP contribution in [0.5, 0.6) is 0 Å². The summed E-state index contributed by atoms with van der Waals surface area (Å²) in [5.41, 5.74) is 1.08. The Hall–Kier alpha value is -1.37. The number of carboxylic acids is 1. The van der Waals surface area contributed by atoms with Crippen LogP contribution < -0.4 is 0 Å². The predicted octanol–water partition coefficient (Wildman–Crippen LogP) is 0.558. The Bertz CT molecular complexity index is 379. The lowest BCUT2D eigenvalue weighted by atomic mass is 10.1. The molecule has 0 aliphatic heterocycles. The molecule has 0 bridgehead atoms. The molecule has 0 aliphatic rings. The second-order valence-electron chi connectivity index (χ2n) is 2.87. The Kier molecular flexibility index (Phi) is 3.64. The van der Waals surface area contributed by atoms with Crippen LogP contribution in [0, 0.1) is 0 Å². The normalized spacial score (nSPS) is 10.3. The first-order chi connectivity index (χ1) is 6.59. The highest BCUT2D eigenvalue weighted by molar-refractivity contribution is 6.61. The first-order valence-corrected chi connectivity index (χ1v) is 5.11. The molecule has 1 aromatic rings. The van der Waals surface area contributed by atoms with Gasteiger partial charge in [0, 0.05) is 0 Å². The zero-order valence-corrected chi connectivity index (χ0v) is 9.73. The van der Waals surface area contributed by atoms with Crippen molar-refractivity contribution in [3.63, 3.8) is 0 Å². The van der Waals surface area contributed by atoms with E-state index in [1.54, 1.807) is 18.2 Å². The van der Waals surface area contributed by atoms with Gasteiger partial charge in [0.2, 0.25) is 0 Å². The van der Waals surface area contributed by atoms with E-state index in [0.717, 1.165) is 5.56 Å². The highest BCUT2D eigenvalue weighted by atomic mass is 27.0. The SMILES string of the molecule is O=[C]([AlH2])/C=C/c1ccc(C(=O)O)cc1. The van der Waals surface area contributed by atoms with E-state index >= 15 is 0 Å². The van der Waals surface area contributed by atoms with Crippen LogP contribution in [0.3, 0.4) is 0 Å². The first-order valence-electron chi connectivity index (χ1n) is 4.11. The fourth-order valence-electron chi connectivity index (χ4n) is 0.950. The quantitative estimate of drug-likeness (QED) is 0.578. The van der Waals surface area contributed by atoms with Gasteiger partial charge in [0.15, 0.2) is 0 Å². The molecule has 0 radical (unpaired) electrons. The van der Waals surface area contributed by atoms with E-state index in [1.165, 1.54) is 18.2 Å². The lowest BCUT2D eigenvalue weighted by Gasteiger charge is -1.95. The van der Waals surface area contributed by atoms with Crippen molar-refractivity contribution in [2.45, 2.75) is 0 Å². The molecule has 0 unspecified atom stereocenters. The number of hydrogen-bond donors (Lipinski definition) is 1. The summed E-state index contributed by atoms with van der Waals surface area (Å²) in [6, 6.07) is 6.37. The minimum Gasteiger partial charge on any atom is -0.478 e. The average Bonchev–Trinajstić information content (AvgIpc) is 2.15. The van der Waals surface area contributed by atoms with Gasteiger partial charge in [-0.15, -0.1) is 0 Å². The molecule has 0 amide bonds. The zero-order valence-electron chi connectivity index (χ0n) is 7.73. The topological polar surface area (TPSA) is 54.4 Å². The van der Waals surface area contributed by atoms with Crippen molar-refractivity contribution in [3.05, 3.63) is 41.5 Å². The number of benzene rings is 1. The average molecular weight is 204 g/mol. The summed E-state index contributed by atoms with van der Waals surface area (Å²) in [5, 5.41) is 8.63. The third-order valence-electron chi connectivity index (χ3n) is 1.67. The number of carboxylic acid groups (broad SMARTS) is 1. The van der Waals surface area contributed by atoms with E-state index in [0.29, 0.717) is 16.3 Å². The number of aromatic carboxylic acids is 1. The van der Waals surface area contributed by atoms with Crippen molar-refractivity contribution in [2.75, 3.05) is 0 Å². The lowest BCUT2D eigenvalue weighted by molar-refractivity contribution is -0.107. The van der Waals surface area contributed by atoms with Crippen LogP contribution in [0.4, 0.5) is 0 Å². The number of allylic oxidation sites excluding steroid dienone is 1. The van der Waals surface area contributed by atoms with Gasteiger partial charge in [-0.3, -0.25) is 0 Å². The summed E-state index contributed by atoms with van der Waals surface area (Å²) >= 11 is 0.505. The van der Waals surface area contributed by atoms with Gasteiger partial charge in [-0.2, -0.15) is 0 Å². The molecule has 70 valence electrons. The maximum atomic E-state index is 10.7. The van der Waals surface area contributed by atoms with Crippen molar-refractivity contribution in [1.29, 1.82) is 0 Å². The largest absolute Gasteiger partial charge is 0.478 e. The molecule has 0 spiro atoms. The molecule has 1 N–H and O–H groups in total. The Morgan fingerprint density at radius 2 is 1.79 bits per heavy atom. The van der Waals surface area contributed by atoms with Crippen LogP contribution in [0.2, 0.25) is 0 Å². The lowest BCUT2D eigenvalue weighted by Crippen LogP contribution is -1.95. The smallest absolute Gasteiger partial charge is 0.335 e. The van der Waals surface area contributed by atoms with Crippen molar-refractivity contribution in [2.24, 2.45) is 0 Å². The van der Waals surface area contributed by atoms with E-state index in [2.05, 4.69) is 0 Å². The maximum Gasteiger partial charge on any atom is 0.335 e. The second-order valence-corrected chi connectivity index (χ2v) is 3.86. The van der Waals surface area contributed by atoms with Crippen molar-refractivity contribution < 1.29 is 14.7 Å². The van der Waals surface area contributed by atoms with Crippen molar-refractivity contribution in [1.82, 2.24) is 0 Å². The molecular formula is C10H9AlO3. The van der Waals surface area contributed by atoms with E-state index in [1.807, 2.05) is 0 Å². The van der Waals surface area contributed by atoms with Crippen LogP contribution in [0.1, 0.15) is 15.9 Å². The molecule has 0 aromatic heterocycles. The summed E-state index contributed by atoms with van der Waals surface area (Å²) in [7, 11) is 0. The van der Waals surface area contributed by atoms with Crippen LogP contribution in [-0.4, -0.2) is 32.0 Å². The molecular weight excluding hydrogens is 195 g/mol. The van der Waals surface area contributed by atoms with Crippen LogP contribution >= 0.6 is 0 Å². The van der Waals surface area contributed by atoms with Crippen LogP contribution in [-0.2, 0) is 4.79 Å². The fourth-order valence-corrected chi connectivity index (χ4v) is 1.12. The summed E-state index contributed by atoms with van der Waals surface area (Å²) in [5.74, 6) is -0.945. The minimum atomic E-state index is -0.945. The maximum absolute atomic E-state index is 10.7. The molecule has 0 heterocycles. The minimum absolute atomic E-state index is 0.104. The highest BCUT2D eigenvalue weighted by Gasteiger charge is 1.99. The first kappa shape index (κ1) is 10.7. The van der Waals surface area contributed by atoms with Gasteiger partial charge in [0.1, 0.15) is 0 Å². The molecule has 1 rings (SSSR count). The molecule has 4 heteroatoms. The Morgan fingerprint density at radius 1 is 1.21 bits per heavy atom. The van der Waals surface area contributed by atoms with Gasteiger partial charge in [-0.25, -0.2) is 4.79 Å². The third-order valence-corrected chi connectivity index (χ3v) is 2.00. The third kappa shape index (κ3) is 3.17. The van der Waals surface area contributed by atoms with E-state index in [9.17, 15) is 9.59 Å². The van der Waals surface area contributed by atoms with E-state index < -0.39 is 5.97 Å². The standard InChI is InChI=1S/C10H7O3.Al.2H/c11-7-1-2-8-3-5-9(6-4-8)10(12)13;;;/h1-6H,(H,12,13);;;/b2-1+;;;. The Balaban J connectivity index is 2.83. The molecule has 14 heavy (non-hydrogen) atoms. The van der Waals surface area contributed by atoms with Gasteiger partial charge in [-0.05, 0) is 23.8 Å². The fraction of sp³-hybridized carbons (Fsp3) is 0. The van der Waals surface area contributed by atoms with E-state index in [4.69, 9.17) is 5.11 Å². The Labute approximate surface area is 89.5 Å². The van der Waals surface area contributed by atoms with Gasteiger partial charge in [-0.1, -0.05) is 18.2 Å². The number of carbonyl (C=O) groups excluding carboxylic acids is 1. The molecule has 0 atom stereocenters. The van der Waals surface area contributed by atoms with Gasteiger partial charge in [0.05, 0.1) is 10.2 Å². The van der Waals surface area contributed by atoms with E-state index in [-0.39, 0.29) is 10.2 Å². The van der Waals surface area contributed by atoms with Gasteiger partial charge >= 0.3 is 22.3 Å². The number of carbonyl (C=O) groups is 2. The van der Waals surface area contributed by atoms with Crippen molar-refractivity contribution >= 4 is 33.0 Å². The van der Waals surface area contributed by atoms with Crippen LogP contribution in [0.25, 0.3) is 6.08 Å². The zero-order chi connectivity index (χ0) is 10.6. The van der Waals surface area contributed by atoms with Gasteiger partial charge in [0.25, 0.3) is 0 Å². The predicted molar refractivity (Wildman–Crippen MR) is 56.0 cm³/mol. The molecule has 0 fully saturated rings. The van der Waals surface area contributed by atoms with Crippen molar-refractivity contribution in [3.8, 4) is 0 Å².